The molecule has 1 aromatic rings. The summed E-state index contributed by atoms with van der Waals surface area (Å²) in [5.74, 6) is -0.760. The molecule has 0 aliphatic carbocycles. The maximum absolute atomic E-state index is 11.9. The molecule has 120 valence electrons. The van der Waals surface area contributed by atoms with E-state index >= 15 is 0 Å². The second-order valence-electron chi connectivity index (χ2n) is 4.41. The highest BCUT2D eigenvalue weighted by molar-refractivity contribution is 8.00. The first-order valence-electron chi connectivity index (χ1n) is 6.68. The second kappa shape index (κ2) is 9.97. The van der Waals surface area contributed by atoms with E-state index in [0.717, 1.165) is 0 Å². The van der Waals surface area contributed by atoms with Crippen molar-refractivity contribution in [3.8, 4) is 0 Å². The van der Waals surface area contributed by atoms with E-state index in [1.165, 1.54) is 18.7 Å². The molecule has 7 heteroatoms. The predicted molar refractivity (Wildman–Crippen MR) is 83.0 cm³/mol. The minimum atomic E-state index is -0.571. The summed E-state index contributed by atoms with van der Waals surface area (Å²) in [6.45, 7) is 1.98. The third kappa shape index (κ3) is 6.73. The lowest BCUT2D eigenvalue weighted by Gasteiger charge is -2.09. The van der Waals surface area contributed by atoms with Gasteiger partial charge >= 0.3 is 5.97 Å². The Morgan fingerprint density at radius 2 is 1.95 bits per heavy atom. The molecule has 0 aromatic heterocycles. The normalized spacial score (nSPS) is 10.1. The Balaban J connectivity index is 2.58. The van der Waals surface area contributed by atoms with Gasteiger partial charge < -0.3 is 14.8 Å². The molecule has 0 atom stereocenters. The van der Waals surface area contributed by atoms with Crippen molar-refractivity contribution >= 4 is 29.4 Å². The molecule has 0 fully saturated rings. The van der Waals surface area contributed by atoms with Gasteiger partial charge in [-0.25, -0.2) is 4.79 Å². The standard InChI is InChI=1S/C15H19NO5S/c1-11(17)9-21-15(19)12-5-3-4-6-13(12)22-10-14(18)16-7-8-20-2/h3-6H,7-10H2,1-2H3,(H,16,18). The molecule has 0 aliphatic rings. The maximum atomic E-state index is 11.9. The number of hydrogen-bond acceptors (Lipinski definition) is 6. The van der Waals surface area contributed by atoms with Gasteiger partial charge in [-0.05, 0) is 19.1 Å². The van der Waals surface area contributed by atoms with Gasteiger partial charge in [0.15, 0.2) is 5.78 Å². The molecular formula is C15H19NO5S. The van der Waals surface area contributed by atoms with E-state index in [1.807, 2.05) is 0 Å². The minimum Gasteiger partial charge on any atom is -0.454 e. The fourth-order valence-electron chi connectivity index (χ4n) is 1.49. The number of hydrogen-bond donors (Lipinski definition) is 1. The van der Waals surface area contributed by atoms with E-state index in [4.69, 9.17) is 9.47 Å². The molecule has 1 N–H and O–H groups in total. The molecule has 22 heavy (non-hydrogen) atoms. The molecule has 0 spiro atoms. The lowest BCUT2D eigenvalue weighted by atomic mass is 10.2. The topological polar surface area (TPSA) is 81.7 Å². The number of esters is 1. The average molecular weight is 325 g/mol. The van der Waals surface area contributed by atoms with Gasteiger partial charge in [-0.1, -0.05) is 12.1 Å². The third-order valence-corrected chi connectivity index (χ3v) is 3.57. The minimum absolute atomic E-state index is 0.144. The van der Waals surface area contributed by atoms with Crippen LogP contribution in [0.5, 0.6) is 0 Å². The zero-order chi connectivity index (χ0) is 16.4. The van der Waals surface area contributed by atoms with E-state index in [1.54, 1.807) is 31.4 Å². The second-order valence-corrected chi connectivity index (χ2v) is 5.42. The van der Waals surface area contributed by atoms with Crippen molar-refractivity contribution in [2.24, 2.45) is 0 Å². The quantitative estimate of drug-likeness (QED) is 0.418. The summed E-state index contributed by atoms with van der Waals surface area (Å²) in [5.41, 5.74) is 0.346. The number of rotatable bonds is 9. The summed E-state index contributed by atoms with van der Waals surface area (Å²) in [7, 11) is 1.56. The van der Waals surface area contributed by atoms with Gasteiger partial charge in [-0.3, -0.25) is 9.59 Å². The van der Waals surface area contributed by atoms with Crippen LogP contribution >= 0.6 is 11.8 Å². The predicted octanol–water partition coefficient (Wildman–Crippen LogP) is 1.29. The van der Waals surface area contributed by atoms with Gasteiger partial charge in [0.2, 0.25) is 5.91 Å². The number of benzene rings is 1. The van der Waals surface area contributed by atoms with Gasteiger partial charge in [0.25, 0.3) is 0 Å². The Kier molecular flexibility index (Phi) is 8.24. The van der Waals surface area contributed by atoms with Gasteiger partial charge in [0.1, 0.15) is 6.61 Å². The molecule has 1 amide bonds. The van der Waals surface area contributed by atoms with Crippen molar-refractivity contribution in [2.45, 2.75) is 11.8 Å². The van der Waals surface area contributed by atoms with Crippen LogP contribution in [0.2, 0.25) is 0 Å². The number of nitrogens with one attached hydrogen (secondary N) is 1. The van der Waals surface area contributed by atoms with Crippen LogP contribution in [0.15, 0.2) is 29.2 Å². The number of carbonyl (C=O) groups excluding carboxylic acids is 3. The monoisotopic (exact) mass is 325 g/mol. The Morgan fingerprint density at radius 1 is 1.23 bits per heavy atom. The Hall–Kier alpha value is -1.86. The number of Topliss-reactive ketones (excluding diaryl/α,β-unsaturated/α-hetero) is 1. The molecule has 0 aliphatic heterocycles. The van der Waals surface area contributed by atoms with Gasteiger partial charge in [0, 0.05) is 18.6 Å². The summed E-state index contributed by atoms with van der Waals surface area (Å²) in [6.07, 6.45) is 0. The first-order valence-corrected chi connectivity index (χ1v) is 7.67. The highest BCUT2D eigenvalue weighted by Gasteiger charge is 2.14. The molecule has 0 saturated heterocycles. The highest BCUT2D eigenvalue weighted by atomic mass is 32.2. The van der Waals surface area contributed by atoms with Crippen molar-refractivity contribution in [2.75, 3.05) is 32.6 Å². The first kappa shape index (κ1) is 18.2. The molecule has 0 heterocycles. The van der Waals surface area contributed by atoms with Crippen molar-refractivity contribution in [1.82, 2.24) is 5.32 Å². The number of thioether (sulfide) groups is 1. The molecule has 1 aromatic carbocycles. The Bertz CT molecular complexity index is 532. The molecule has 0 bridgehead atoms. The Labute approximate surface area is 133 Å². The summed E-state index contributed by atoms with van der Waals surface area (Å²) in [6, 6.07) is 6.81. The van der Waals surface area contributed by atoms with Crippen molar-refractivity contribution in [3.05, 3.63) is 29.8 Å². The van der Waals surface area contributed by atoms with Crippen LogP contribution in [0, 0.1) is 0 Å². The van der Waals surface area contributed by atoms with Crippen LogP contribution in [-0.4, -0.2) is 50.3 Å². The molecular weight excluding hydrogens is 306 g/mol. The summed E-state index contributed by atoms with van der Waals surface area (Å²) >= 11 is 1.24. The molecule has 1 rings (SSSR count). The van der Waals surface area contributed by atoms with Crippen LogP contribution in [-0.2, 0) is 19.1 Å². The zero-order valence-electron chi connectivity index (χ0n) is 12.6. The number of ether oxygens (including phenoxy) is 2. The lowest BCUT2D eigenvalue weighted by Crippen LogP contribution is -2.28. The van der Waals surface area contributed by atoms with Crippen molar-refractivity contribution in [3.63, 3.8) is 0 Å². The summed E-state index contributed by atoms with van der Waals surface area (Å²) in [5, 5.41) is 2.70. The van der Waals surface area contributed by atoms with E-state index in [-0.39, 0.29) is 24.1 Å². The fourth-order valence-corrected chi connectivity index (χ4v) is 2.36. The van der Waals surface area contributed by atoms with Crippen molar-refractivity contribution < 1.29 is 23.9 Å². The number of carbonyl (C=O) groups is 3. The van der Waals surface area contributed by atoms with Crippen molar-refractivity contribution in [1.29, 1.82) is 0 Å². The lowest BCUT2D eigenvalue weighted by molar-refractivity contribution is -0.120. The third-order valence-electron chi connectivity index (χ3n) is 2.50. The maximum Gasteiger partial charge on any atom is 0.339 e. The first-order chi connectivity index (χ1) is 10.5. The summed E-state index contributed by atoms with van der Waals surface area (Å²) in [4.78, 5) is 35.1. The fraction of sp³-hybridized carbons (Fsp3) is 0.400. The molecule has 0 radical (unpaired) electrons. The van der Waals surface area contributed by atoms with E-state index in [2.05, 4.69) is 5.32 Å². The Morgan fingerprint density at radius 3 is 2.64 bits per heavy atom. The SMILES string of the molecule is COCCNC(=O)CSc1ccccc1C(=O)OCC(C)=O. The van der Waals surface area contributed by atoms with Crippen LogP contribution in [0.3, 0.4) is 0 Å². The van der Waals surface area contributed by atoms with Gasteiger partial charge in [-0.2, -0.15) is 0 Å². The van der Waals surface area contributed by atoms with Gasteiger partial charge in [0.05, 0.1) is 17.9 Å². The van der Waals surface area contributed by atoms with Crippen LogP contribution in [0.25, 0.3) is 0 Å². The number of amides is 1. The number of methoxy groups -OCH3 is 1. The highest BCUT2D eigenvalue weighted by Crippen LogP contribution is 2.23. The molecule has 6 nitrogen and oxygen atoms in total. The zero-order valence-corrected chi connectivity index (χ0v) is 13.4. The number of ketones is 1. The van der Waals surface area contributed by atoms with E-state index in [0.29, 0.717) is 23.6 Å². The molecule has 0 saturated carbocycles. The van der Waals surface area contributed by atoms with Gasteiger partial charge in [-0.15, -0.1) is 11.8 Å². The average Bonchev–Trinajstić information content (AvgIpc) is 2.51. The summed E-state index contributed by atoms with van der Waals surface area (Å²) < 4.78 is 9.74. The van der Waals surface area contributed by atoms with Crippen LogP contribution in [0.4, 0.5) is 0 Å². The van der Waals surface area contributed by atoms with Crippen LogP contribution in [0.1, 0.15) is 17.3 Å². The molecule has 0 unspecified atom stereocenters. The smallest absolute Gasteiger partial charge is 0.339 e. The van der Waals surface area contributed by atoms with Crippen LogP contribution < -0.4 is 5.32 Å². The van der Waals surface area contributed by atoms with E-state index in [9.17, 15) is 14.4 Å². The van der Waals surface area contributed by atoms with E-state index < -0.39 is 5.97 Å². The largest absolute Gasteiger partial charge is 0.454 e.